The molecule has 2 heterocycles. The summed E-state index contributed by atoms with van der Waals surface area (Å²) in [6, 6.07) is 3.22. The minimum Gasteiger partial charge on any atom is -0.477 e. The van der Waals surface area contributed by atoms with Crippen LogP contribution in [0.5, 0.6) is 0 Å². The van der Waals surface area contributed by atoms with Crippen LogP contribution in [0.25, 0.3) is 10.9 Å². The van der Waals surface area contributed by atoms with Gasteiger partial charge in [0.2, 0.25) is 0 Å². The van der Waals surface area contributed by atoms with E-state index in [0.29, 0.717) is 5.52 Å². The van der Waals surface area contributed by atoms with Gasteiger partial charge in [-0.1, -0.05) is 11.6 Å². The number of carbonyl (C=O) groups is 1. The van der Waals surface area contributed by atoms with Gasteiger partial charge in [-0.15, -0.1) is 0 Å². The lowest BCUT2D eigenvalue weighted by molar-refractivity contribution is 0.0691. The first kappa shape index (κ1) is 8.07. The number of aromatic nitrogens is 2. The summed E-state index contributed by atoms with van der Waals surface area (Å²) in [6.07, 6.45) is 1.68. The van der Waals surface area contributed by atoms with Gasteiger partial charge >= 0.3 is 5.97 Å². The van der Waals surface area contributed by atoms with Crippen LogP contribution in [0.1, 0.15) is 10.5 Å². The molecule has 0 aliphatic rings. The van der Waals surface area contributed by atoms with Crippen LogP contribution in [-0.2, 0) is 0 Å². The van der Waals surface area contributed by atoms with Crippen molar-refractivity contribution in [3.63, 3.8) is 0 Å². The minimum absolute atomic E-state index is 0.0444. The van der Waals surface area contributed by atoms with Gasteiger partial charge in [-0.3, -0.25) is 0 Å². The molecule has 0 spiro atoms. The van der Waals surface area contributed by atoms with Crippen LogP contribution in [0.2, 0.25) is 5.15 Å². The molecule has 66 valence electrons. The van der Waals surface area contributed by atoms with Crippen LogP contribution in [0.3, 0.4) is 0 Å². The van der Waals surface area contributed by atoms with Crippen molar-refractivity contribution in [2.24, 2.45) is 0 Å². The van der Waals surface area contributed by atoms with Gasteiger partial charge in [-0.25, -0.2) is 9.78 Å². The molecule has 5 heteroatoms. The summed E-state index contributed by atoms with van der Waals surface area (Å²) >= 11 is 5.74. The summed E-state index contributed by atoms with van der Waals surface area (Å²) in [5.74, 6) is -1.08. The second-order valence-electron chi connectivity index (χ2n) is 2.55. The number of halogens is 1. The predicted molar refractivity (Wildman–Crippen MR) is 48.1 cm³/mol. The molecule has 0 aromatic carbocycles. The smallest absolute Gasteiger partial charge is 0.354 e. The molecule has 0 atom stereocenters. The van der Waals surface area contributed by atoms with Crippen molar-refractivity contribution in [2.45, 2.75) is 0 Å². The van der Waals surface area contributed by atoms with Crippen molar-refractivity contribution in [2.75, 3.05) is 0 Å². The van der Waals surface area contributed by atoms with Crippen molar-refractivity contribution in [1.82, 2.24) is 9.97 Å². The second-order valence-corrected chi connectivity index (χ2v) is 2.90. The van der Waals surface area contributed by atoms with Crippen molar-refractivity contribution in [3.8, 4) is 0 Å². The van der Waals surface area contributed by atoms with Crippen molar-refractivity contribution >= 4 is 28.5 Å². The number of H-pyrrole nitrogens is 1. The van der Waals surface area contributed by atoms with Gasteiger partial charge < -0.3 is 10.1 Å². The average Bonchev–Trinajstić information content (AvgIpc) is 2.51. The average molecular weight is 197 g/mol. The number of pyridine rings is 1. The molecular formula is C8H5ClN2O2. The van der Waals surface area contributed by atoms with Crippen LogP contribution in [-0.4, -0.2) is 21.0 Å². The van der Waals surface area contributed by atoms with Gasteiger partial charge in [0.1, 0.15) is 0 Å². The van der Waals surface area contributed by atoms with Gasteiger partial charge in [0, 0.05) is 11.6 Å². The third kappa shape index (κ3) is 1.25. The van der Waals surface area contributed by atoms with E-state index in [4.69, 9.17) is 16.7 Å². The van der Waals surface area contributed by atoms with Crippen LogP contribution in [0, 0.1) is 0 Å². The first-order valence-electron chi connectivity index (χ1n) is 3.55. The standard InChI is InChI=1S/C8H5ClN2O2/c9-7-6-4(1-2-10-6)3-5(11-7)8(12)13/h1-3,10H,(H,12,13). The highest BCUT2D eigenvalue weighted by Gasteiger charge is 2.09. The largest absolute Gasteiger partial charge is 0.477 e. The molecule has 2 aromatic heterocycles. The highest BCUT2D eigenvalue weighted by molar-refractivity contribution is 6.34. The number of carboxylic acids is 1. The Kier molecular flexibility index (Phi) is 1.70. The highest BCUT2D eigenvalue weighted by atomic mass is 35.5. The Bertz CT molecular complexity index is 478. The number of hydrogen-bond donors (Lipinski definition) is 2. The summed E-state index contributed by atoms with van der Waals surface area (Å²) in [4.78, 5) is 17.2. The summed E-state index contributed by atoms with van der Waals surface area (Å²) in [6.45, 7) is 0. The van der Waals surface area contributed by atoms with E-state index in [9.17, 15) is 4.79 Å². The zero-order valence-corrected chi connectivity index (χ0v) is 7.17. The van der Waals surface area contributed by atoms with Gasteiger partial charge in [-0.05, 0) is 12.1 Å². The van der Waals surface area contributed by atoms with Crippen LogP contribution in [0.4, 0.5) is 0 Å². The zero-order valence-electron chi connectivity index (χ0n) is 6.41. The van der Waals surface area contributed by atoms with Crippen molar-refractivity contribution in [3.05, 3.63) is 29.2 Å². The Morgan fingerprint density at radius 1 is 1.62 bits per heavy atom. The van der Waals surface area contributed by atoms with E-state index in [0.717, 1.165) is 5.39 Å². The Morgan fingerprint density at radius 3 is 3.08 bits per heavy atom. The molecule has 0 saturated carbocycles. The Labute approximate surface area is 78.2 Å². The fourth-order valence-corrected chi connectivity index (χ4v) is 1.39. The third-order valence-electron chi connectivity index (χ3n) is 1.72. The second kappa shape index (κ2) is 2.74. The zero-order chi connectivity index (χ0) is 9.42. The lowest BCUT2D eigenvalue weighted by Gasteiger charge is -1.96. The van der Waals surface area contributed by atoms with Crippen LogP contribution in [0.15, 0.2) is 18.3 Å². The molecule has 0 saturated heterocycles. The van der Waals surface area contributed by atoms with Gasteiger partial charge in [0.15, 0.2) is 10.8 Å². The molecule has 2 N–H and O–H groups in total. The summed E-state index contributed by atoms with van der Waals surface area (Å²) in [5.41, 5.74) is 0.615. The first-order valence-corrected chi connectivity index (χ1v) is 3.93. The molecule has 2 aromatic rings. The maximum Gasteiger partial charge on any atom is 0.354 e. The molecule has 4 nitrogen and oxygen atoms in total. The number of hydrogen-bond acceptors (Lipinski definition) is 2. The van der Waals surface area contributed by atoms with Crippen LogP contribution < -0.4 is 0 Å². The van der Waals surface area contributed by atoms with E-state index in [-0.39, 0.29) is 10.8 Å². The number of rotatable bonds is 1. The highest BCUT2D eigenvalue weighted by Crippen LogP contribution is 2.20. The fraction of sp³-hybridized carbons (Fsp3) is 0. The lowest BCUT2D eigenvalue weighted by atomic mass is 10.2. The number of nitrogens with one attached hydrogen (secondary N) is 1. The summed E-state index contributed by atoms with van der Waals surface area (Å²) in [7, 11) is 0. The number of fused-ring (bicyclic) bond motifs is 1. The Hall–Kier alpha value is -1.55. The molecule has 0 amide bonds. The lowest BCUT2D eigenvalue weighted by Crippen LogP contribution is -1.99. The summed E-state index contributed by atoms with van der Waals surface area (Å²) in [5, 5.41) is 9.60. The monoisotopic (exact) mass is 196 g/mol. The maximum atomic E-state index is 10.6. The molecule has 0 fully saturated rings. The Balaban J connectivity index is 2.77. The van der Waals surface area contributed by atoms with E-state index in [1.807, 2.05) is 0 Å². The molecule has 0 aliphatic carbocycles. The first-order chi connectivity index (χ1) is 6.18. The predicted octanol–water partition coefficient (Wildman–Crippen LogP) is 1.91. The van der Waals surface area contributed by atoms with E-state index in [1.54, 1.807) is 12.3 Å². The molecule has 0 unspecified atom stereocenters. The molecule has 13 heavy (non-hydrogen) atoms. The van der Waals surface area contributed by atoms with E-state index < -0.39 is 5.97 Å². The normalized spacial score (nSPS) is 10.5. The van der Waals surface area contributed by atoms with Gasteiger partial charge in [0.25, 0.3) is 0 Å². The molecule has 0 bridgehead atoms. The molecule has 0 aliphatic heterocycles. The fourth-order valence-electron chi connectivity index (χ4n) is 1.13. The number of aromatic carboxylic acids is 1. The number of aromatic amines is 1. The SMILES string of the molecule is O=C(O)c1cc2cc[nH]c2c(Cl)n1. The quantitative estimate of drug-likeness (QED) is 0.685. The minimum atomic E-state index is -1.08. The van der Waals surface area contributed by atoms with Crippen molar-refractivity contribution < 1.29 is 9.90 Å². The Morgan fingerprint density at radius 2 is 2.38 bits per heavy atom. The molecular weight excluding hydrogens is 192 g/mol. The molecule has 0 radical (unpaired) electrons. The van der Waals surface area contributed by atoms with E-state index >= 15 is 0 Å². The van der Waals surface area contributed by atoms with E-state index in [2.05, 4.69) is 9.97 Å². The number of carboxylic acid groups (broad SMARTS) is 1. The van der Waals surface area contributed by atoms with Gasteiger partial charge in [0.05, 0.1) is 5.52 Å². The maximum absolute atomic E-state index is 10.6. The number of nitrogens with zero attached hydrogens (tertiary/aromatic N) is 1. The van der Waals surface area contributed by atoms with Crippen molar-refractivity contribution in [1.29, 1.82) is 0 Å². The van der Waals surface area contributed by atoms with Crippen LogP contribution >= 0.6 is 11.6 Å². The molecule has 2 rings (SSSR count). The summed E-state index contributed by atoms with van der Waals surface area (Å²) < 4.78 is 0. The van der Waals surface area contributed by atoms with E-state index in [1.165, 1.54) is 6.07 Å². The van der Waals surface area contributed by atoms with Gasteiger partial charge in [-0.2, -0.15) is 0 Å². The third-order valence-corrected chi connectivity index (χ3v) is 1.99. The topological polar surface area (TPSA) is 66.0 Å².